The Labute approximate surface area is 95.1 Å². The maximum atomic E-state index is 10.8. The van der Waals surface area contributed by atoms with Crippen molar-refractivity contribution in [2.45, 2.75) is 4.90 Å². The zero-order valence-corrected chi connectivity index (χ0v) is 9.80. The Kier molecular flexibility index (Phi) is 2.81. The fourth-order valence-electron chi connectivity index (χ4n) is 1.37. The van der Waals surface area contributed by atoms with Crippen LogP contribution in [0.25, 0.3) is 10.1 Å². The van der Waals surface area contributed by atoms with E-state index in [0.717, 1.165) is 31.9 Å². The second-order valence-corrected chi connectivity index (χ2v) is 4.99. The van der Waals surface area contributed by atoms with Crippen molar-refractivity contribution in [1.82, 2.24) is 0 Å². The molecule has 1 aromatic carbocycles. The van der Waals surface area contributed by atoms with E-state index < -0.39 is 0 Å². The number of hydrogen-bond donors (Lipinski definition) is 0. The van der Waals surface area contributed by atoms with E-state index in [0.29, 0.717) is 0 Å². The number of thiophene rings is 1. The third-order valence-electron chi connectivity index (χ3n) is 1.98. The molecule has 0 atom stereocenters. The Morgan fingerprint density at radius 3 is 2.93 bits per heavy atom. The molecule has 0 aliphatic rings. The van der Waals surface area contributed by atoms with Gasteiger partial charge < -0.3 is 0 Å². The number of halogens is 1. The fraction of sp³-hybridized carbons (Fsp3) is 0.100. The summed E-state index contributed by atoms with van der Waals surface area (Å²) in [6.07, 6.45) is 2.88. The first-order chi connectivity index (χ1) is 6.76. The maximum absolute atomic E-state index is 10.8. The molecule has 2 aromatic rings. The standard InChI is InChI=1S/C10H7ClOS2/c1-13-8-2-7(11)3-9-10(8)6(4-12)5-14-9/h2-5H,1H3. The maximum Gasteiger partial charge on any atom is 0.151 e. The summed E-state index contributed by atoms with van der Waals surface area (Å²) in [6, 6.07) is 3.79. The van der Waals surface area contributed by atoms with E-state index in [-0.39, 0.29) is 0 Å². The molecule has 0 unspecified atom stereocenters. The number of carbonyl (C=O) groups is 1. The molecule has 0 saturated carbocycles. The van der Waals surface area contributed by atoms with Crippen molar-refractivity contribution in [2.24, 2.45) is 0 Å². The monoisotopic (exact) mass is 242 g/mol. The van der Waals surface area contributed by atoms with Gasteiger partial charge in [-0.05, 0) is 18.4 Å². The number of benzene rings is 1. The predicted octanol–water partition coefficient (Wildman–Crippen LogP) is 4.09. The van der Waals surface area contributed by atoms with Gasteiger partial charge in [-0.3, -0.25) is 4.79 Å². The molecule has 2 rings (SSSR count). The Bertz CT molecular complexity index is 490. The van der Waals surface area contributed by atoms with Crippen LogP contribution in [0, 0.1) is 0 Å². The molecule has 1 heterocycles. The highest BCUT2D eigenvalue weighted by molar-refractivity contribution is 7.98. The summed E-state index contributed by atoms with van der Waals surface area (Å²) in [6.45, 7) is 0. The Morgan fingerprint density at radius 2 is 2.29 bits per heavy atom. The second kappa shape index (κ2) is 3.93. The third-order valence-corrected chi connectivity index (χ3v) is 3.91. The lowest BCUT2D eigenvalue weighted by molar-refractivity contribution is 0.112. The van der Waals surface area contributed by atoms with Crippen molar-refractivity contribution in [3.63, 3.8) is 0 Å². The average Bonchev–Trinajstić information content (AvgIpc) is 2.59. The predicted molar refractivity (Wildman–Crippen MR) is 64.0 cm³/mol. The van der Waals surface area contributed by atoms with Crippen molar-refractivity contribution in [1.29, 1.82) is 0 Å². The van der Waals surface area contributed by atoms with Gasteiger partial charge in [-0.2, -0.15) is 0 Å². The minimum absolute atomic E-state index is 0.723. The SMILES string of the molecule is CSc1cc(Cl)cc2scc(C=O)c12. The molecule has 1 nitrogen and oxygen atoms in total. The Morgan fingerprint density at radius 1 is 1.50 bits per heavy atom. The molecule has 0 fully saturated rings. The quantitative estimate of drug-likeness (QED) is 0.583. The van der Waals surface area contributed by atoms with Crippen LogP contribution in [0.3, 0.4) is 0 Å². The highest BCUT2D eigenvalue weighted by Gasteiger charge is 2.09. The molecule has 0 aliphatic heterocycles. The summed E-state index contributed by atoms with van der Waals surface area (Å²) in [7, 11) is 0. The molecule has 72 valence electrons. The van der Waals surface area contributed by atoms with Gasteiger partial charge >= 0.3 is 0 Å². The van der Waals surface area contributed by atoms with Crippen LogP contribution >= 0.6 is 34.7 Å². The van der Waals surface area contributed by atoms with Gasteiger partial charge in [0.1, 0.15) is 0 Å². The van der Waals surface area contributed by atoms with Crippen LogP contribution in [-0.4, -0.2) is 12.5 Å². The summed E-state index contributed by atoms with van der Waals surface area (Å²) in [5, 5.41) is 3.62. The lowest BCUT2D eigenvalue weighted by atomic mass is 10.2. The van der Waals surface area contributed by atoms with Crippen molar-refractivity contribution in [3.05, 3.63) is 28.1 Å². The summed E-state index contributed by atoms with van der Waals surface area (Å²) < 4.78 is 1.07. The number of hydrogen-bond acceptors (Lipinski definition) is 3. The van der Waals surface area contributed by atoms with Gasteiger partial charge in [0.2, 0.25) is 0 Å². The average molecular weight is 243 g/mol. The Hall–Kier alpha value is -0.510. The van der Waals surface area contributed by atoms with Crippen LogP contribution in [0.1, 0.15) is 10.4 Å². The molecule has 14 heavy (non-hydrogen) atoms. The van der Waals surface area contributed by atoms with Crippen molar-refractivity contribution >= 4 is 51.1 Å². The first-order valence-electron chi connectivity index (χ1n) is 3.96. The van der Waals surface area contributed by atoms with Gasteiger partial charge in [-0.25, -0.2) is 0 Å². The van der Waals surface area contributed by atoms with Gasteiger partial charge in [0.15, 0.2) is 6.29 Å². The normalized spacial score (nSPS) is 10.7. The van der Waals surface area contributed by atoms with E-state index in [9.17, 15) is 4.79 Å². The summed E-state index contributed by atoms with van der Waals surface area (Å²) in [5.74, 6) is 0. The summed E-state index contributed by atoms with van der Waals surface area (Å²) >= 11 is 9.12. The lowest BCUT2D eigenvalue weighted by Gasteiger charge is -2.00. The van der Waals surface area contributed by atoms with E-state index in [1.54, 1.807) is 23.1 Å². The van der Waals surface area contributed by atoms with Crippen molar-refractivity contribution in [2.75, 3.05) is 6.26 Å². The molecular formula is C10H7ClOS2. The van der Waals surface area contributed by atoms with Gasteiger partial charge in [0.05, 0.1) is 0 Å². The van der Waals surface area contributed by atoms with Crippen LogP contribution < -0.4 is 0 Å². The van der Waals surface area contributed by atoms with Gasteiger partial charge in [-0.15, -0.1) is 23.1 Å². The van der Waals surface area contributed by atoms with E-state index in [1.807, 2.05) is 23.8 Å². The highest BCUT2D eigenvalue weighted by Crippen LogP contribution is 2.35. The van der Waals surface area contributed by atoms with Crippen LogP contribution in [0.15, 0.2) is 22.4 Å². The van der Waals surface area contributed by atoms with Gasteiger partial charge in [-0.1, -0.05) is 11.6 Å². The van der Waals surface area contributed by atoms with E-state index in [2.05, 4.69) is 0 Å². The van der Waals surface area contributed by atoms with Gasteiger partial charge in [0.25, 0.3) is 0 Å². The van der Waals surface area contributed by atoms with E-state index in [1.165, 1.54) is 0 Å². The zero-order chi connectivity index (χ0) is 10.1. The second-order valence-electron chi connectivity index (χ2n) is 2.79. The molecule has 0 amide bonds. The smallest absolute Gasteiger partial charge is 0.151 e. The fourth-order valence-corrected chi connectivity index (χ4v) is 3.43. The zero-order valence-electron chi connectivity index (χ0n) is 7.41. The van der Waals surface area contributed by atoms with Crippen LogP contribution in [-0.2, 0) is 0 Å². The first kappa shape index (κ1) is 10.0. The molecular weight excluding hydrogens is 236 g/mol. The molecule has 0 N–H and O–H groups in total. The number of rotatable bonds is 2. The molecule has 0 saturated heterocycles. The van der Waals surface area contributed by atoms with Crippen LogP contribution in [0.4, 0.5) is 0 Å². The van der Waals surface area contributed by atoms with Crippen LogP contribution in [0.2, 0.25) is 5.02 Å². The number of aldehydes is 1. The number of thioether (sulfide) groups is 1. The third kappa shape index (κ3) is 1.56. The molecule has 0 aliphatic carbocycles. The first-order valence-corrected chi connectivity index (χ1v) is 6.44. The van der Waals surface area contributed by atoms with Crippen LogP contribution in [0.5, 0.6) is 0 Å². The molecule has 1 aromatic heterocycles. The van der Waals surface area contributed by atoms with Crippen molar-refractivity contribution < 1.29 is 4.79 Å². The highest BCUT2D eigenvalue weighted by atomic mass is 35.5. The Balaban J connectivity index is 2.85. The molecule has 4 heteroatoms. The van der Waals surface area contributed by atoms with Crippen molar-refractivity contribution in [3.8, 4) is 0 Å². The minimum atomic E-state index is 0.723. The van der Waals surface area contributed by atoms with E-state index >= 15 is 0 Å². The molecule has 0 radical (unpaired) electrons. The number of fused-ring (bicyclic) bond motifs is 1. The largest absolute Gasteiger partial charge is 0.298 e. The van der Waals surface area contributed by atoms with Gasteiger partial charge in [0, 0.05) is 30.9 Å². The number of carbonyl (C=O) groups excluding carboxylic acids is 1. The van der Waals surface area contributed by atoms with E-state index in [4.69, 9.17) is 11.6 Å². The lowest BCUT2D eigenvalue weighted by Crippen LogP contribution is -1.79. The minimum Gasteiger partial charge on any atom is -0.298 e. The summed E-state index contributed by atoms with van der Waals surface area (Å²) in [4.78, 5) is 11.9. The summed E-state index contributed by atoms with van der Waals surface area (Å²) in [5.41, 5.74) is 0.756. The topological polar surface area (TPSA) is 17.1 Å². The molecule has 0 bridgehead atoms. The molecule has 0 spiro atoms.